The molecule has 0 spiro atoms. The molecular weight excluding hydrogens is 362 g/mol. The highest BCUT2D eigenvalue weighted by atomic mass is 35.5. The molecule has 1 aromatic rings. The number of nitrogens with one attached hydrogen (secondary N) is 2. The first-order valence-corrected chi connectivity index (χ1v) is 9.72. The van der Waals surface area contributed by atoms with Crippen molar-refractivity contribution in [2.75, 3.05) is 13.1 Å². The lowest BCUT2D eigenvalue weighted by atomic mass is 9.90. The Hall–Kier alpha value is -1.60. The minimum absolute atomic E-state index is 0.0286. The van der Waals surface area contributed by atoms with Crippen molar-refractivity contribution in [3.8, 4) is 0 Å². The summed E-state index contributed by atoms with van der Waals surface area (Å²) in [6.07, 6.45) is 1.62. The van der Waals surface area contributed by atoms with Crippen molar-refractivity contribution < 1.29 is 14.4 Å². The second-order valence-corrected chi connectivity index (χ2v) is 8.61. The van der Waals surface area contributed by atoms with Gasteiger partial charge in [0.2, 0.25) is 11.8 Å². The number of rotatable bonds is 4. The summed E-state index contributed by atoms with van der Waals surface area (Å²) in [4.78, 5) is 39.7. The van der Waals surface area contributed by atoms with Gasteiger partial charge in [0.15, 0.2) is 0 Å². The summed E-state index contributed by atoms with van der Waals surface area (Å²) in [6.45, 7) is 4.93. The summed E-state index contributed by atoms with van der Waals surface area (Å²) in [5.41, 5.74) is 0. The molecule has 3 rings (SSSR count). The Morgan fingerprint density at radius 3 is 2.80 bits per heavy atom. The van der Waals surface area contributed by atoms with Crippen molar-refractivity contribution in [2.24, 2.45) is 11.8 Å². The highest BCUT2D eigenvalue weighted by molar-refractivity contribution is 7.18. The van der Waals surface area contributed by atoms with Crippen molar-refractivity contribution in [2.45, 2.75) is 38.8 Å². The summed E-state index contributed by atoms with van der Waals surface area (Å²) in [6, 6.07) is 2.59. The van der Waals surface area contributed by atoms with Crippen LogP contribution in [0.3, 0.4) is 0 Å². The summed E-state index contributed by atoms with van der Waals surface area (Å²) in [5.74, 6) is -0.564. The highest BCUT2D eigenvalue weighted by Gasteiger charge is 2.44. The highest BCUT2D eigenvalue weighted by Crippen LogP contribution is 2.28. The van der Waals surface area contributed by atoms with Crippen molar-refractivity contribution in [1.29, 1.82) is 0 Å². The van der Waals surface area contributed by atoms with Crippen LogP contribution < -0.4 is 10.6 Å². The molecule has 0 aliphatic carbocycles. The number of hydrogen-bond donors (Lipinski definition) is 2. The van der Waals surface area contributed by atoms with Gasteiger partial charge < -0.3 is 15.5 Å². The number of halogens is 1. The molecule has 2 N–H and O–H groups in total. The monoisotopic (exact) mass is 383 g/mol. The molecule has 2 aliphatic heterocycles. The Balaban J connectivity index is 1.74. The van der Waals surface area contributed by atoms with Crippen LogP contribution in [0.25, 0.3) is 0 Å². The fraction of sp³-hybridized carbons (Fsp3) is 0.588. The van der Waals surface area contributed by atoms with Gasteiger partial charge in [0, 0.05) is 13.1 Å². The van der Waals surface area contributed by atoms with E-state index in [1.54, 1.807) is 17.0 Å². The van der Waals surface area contributed by atoms with Crippen LogP contribution in [0.2, 0.25) is 4.34 Å². The van der Waals surface area contributed by atoms with Crippen LogP contribution in [0, 0.1) is 11.8 Å². The fourth-order valence-electron chi connectivity index (χ4n) is 3.57. The summed E-state index contributed by atoms with van der Waals surface area (Å²) < 4.78 is 0.534. The number of hydrogen-bond acceptors (Lipinski definition) is 4. The molecule has 3 amide bonds. The van der Waals surface area contributed by atoms with Crippen LogP contribution in [0.4, 0.5) is 0 Å². The van der Waals surface area contributed by atoms with Gasteiger partial charge in [0.25, 0.3) is 5.91 Å². The van der Waals surface area contributed by atoms with Gasteiger partial charge >= 0.3 is 0 Å². The Bertz CT molecular complexity index is 690. The Morgan fingerprint density at radius 2 is 2.16 bits per heavy atom. The van der Waals surface area contributed by atoms with E-state index in [1.807, 2.05) is 13.8 Å². The lowest BCUT2D eigenvalue weighted by Gasteiger charge is -2.38. The number of piperidine rings is 1. The summed E-state index contributed by atoms with van der Waals surface area (Å²) in [5, 5.41) is 5.70. The minimum atomic E-state index is -0.622. The van der Waals surface area contributed by atoms with Gasteiger partial charge in [-0.15, -0.1) is 11.3 Å². The van der Waals surface area contributed by atoms with Crippen LogP contribution in [0.15, 0.2) is 12.1 Å². The molecule has 2 saturated heterocycles. The van der Waals surface area contributed by atoms with Gasteiger partial charge in [-0.05, 0) is 30.9 Å². The lowest BCUT2D eigenvalue weighted by molar-refractivity contribution is -0.139. The third-order valence-electron chi connectivity index (χ3n) is 4.90. The Labute approximate surface area is 155 Å². The van der Waals surface area contributed by atoms with Crippen LogP contribution in [-0.2, 0) is 9.59 Å². The van der Waals surface area contributed by atoms with Crippen molar-refractivity contribution in [3.05, 3.63) is 21.3 Å². The topological polar surface area (TPSA) is 78.5 Å². The maximum absolute atomic E-state index is 13.1. The first-order chi connectivity index (χ1) is 11.9. The quantitative estimate of drug-likeness (QED) is 0.833. The van der Waals surface area contributed by atoms with E-state index in [-0.39, 0.29) is 35.6 Å². The molecule has 136 valence electrons. The second-order valence-electron chi connectivity index (χ2n) is 6.89. The average Bonchev–Trinajstić information content (AvgIpc) is 3.18. The van der Waals surface area contributed by atoms with Gasteiger partial charge in [-0.25, -0.2) is 0 Å². The molecule has 0 saturated carbocycles. The number of amides is 3. The molecule has 0 radical (unpaired) electrons. The van der Waals surface area contributed by atoms with E-state index in [4.69, 9.17) is 11.6 Å². The molecule has 0 bridgehead atoms. The van der Waals surface area contributed by atoms with Gasteiger partial charge in [0.05, 0.1) is 21.2 Å². The smallest absolute Gasteiger partial charge is 0.262 e. The first-order valence-electron chi connectivity index (χ1n) is 8.53. The molecule has 2 aliphatic rings. The van der Waals surface area contributed by atoms with Crippen LogP contribution in [-0.4, -0.2) is 47.8 Å². The van der Waals surface area contributed by atoms with Crippen LogP contribution >= 0.6 is 22.9 Å². The summed E-state index contributed by atoms with van der Waals surface area (Å²) >= 11 is 7.07. The van der Waals surface area contributed by atoms with Crippen molar-refractivity contribution >= 4 is 40.7 Å². The van der Waals surface area contributed by atoms with Crippen molar-refractivity contribution in [3.63, 3.8) is 0 Å². The Kier molecular flexibility index (Phi) is 5.34. The SMILES string of the molecule is CC(C)[C@@H](NC(=O)c1ccc(Cl)s1)C(=O)N1CCC[C@H]2C(=O)NC[C@H]21. The number of carbonyl (C=O) groups is 3. The molecule has 8 heteroatoms. The molecule has 0 aromatic carbocycles. The van der Waals surface area contributed by atoms with E-state index in [2.05, 4.69) is 10.6 Å². The molecule has 2 fully saturated rings. The maximum Gasteiger partial charge on any atom is 0.262 e. The molecule has 0 unspecified atom stereocenters. The number of thiophene rings is 1. The van der Waals surface area contributed by atoms with E-state index in [0.717, 1.165) is 12.8 Å². The van der Waals surface area contributed by atoms with E-state index in [0.29, 0.717) is 22.3 Å². The normalized spacial score (nSPS) is 24.0. The average molecular weight is 384 g/mol. The van der Waals surface area contributed by atoms with E-state index in [1.165, 1.54) is 11.3 Å². The van der Waals surface area contributed by atoms with E-state index < -0.39 is 6.04 Å². The molecule has 3 atom stereocenters. The number of fused-ring (bicyclic) bond motifs is 1. The second kappa shape index (κ2) is 7.33. The van der Waals surface area contributed by atoms with Gasteiger partial charge in [-0.1, -0.05) is 25.4 Å². The molecule has 25 heavy (non-hydrogen) atoms. The number of carbonyl (C=O) groups excluding carboxylic acids is 3. The fourth-order valence-corrected chi connectivity index (χ4v) is 4.51. The zero-order valence-corrected chi connectivity index (χ0v) is 15.8. The van der Waals surface area contributed by atoms with E-state index >= 15 is 0 Å². The predicted octanol–water partition coefficient (Wildman–Crippen LogP) is 1.89. The minimum Gasteiger partial charge on any atom is -0.354 e. The van der Waals surface area contributed by atoms with Crippen molar-refractivity contribution in [1.82, 2.24) is 15.5 Å². The van der Waals surface area contributed by atoms with Crippen LogP contribution in [0.1, 0.15) is 36.4 Å². The predicted molar refractivity (Wildman–Crippen MR) is 96.7 cm³/mol. The third-order valence-corrected chi connectivity index (χ3v) is 6.13. The van der Waals surface area contributed by atoms with Crippen LogP contribution in [0.5, 0.6) is 0 Å². The Morgan fingerprint density at radius 1 is 1.40 bits per heavy atom. The lowest BCUT2D eigenvalue weighted by Crippen LogP contribution is -2.57. The van der Waals surface area contributed by atoms with Gasteiger partial charge in [-0.3, -0.25) is 14.4 Å². The largest absolute Gasteiger partial charge is 0.354 e. The molecule has 6 nitrogen and oxygen atoms in total. The zero-order chi connectivity index (χ0) is 18.1. The van der Waals surface area contributed by atoms with E-state index in [9.17, 15) is 14.4 Å². The molecule has 3 heterocycles. The third kappa shape index (κ3) is 3.67. The number of nitrogens with zero attached hydrogens (tertiary/aromatic N) is 1. The molecular formula is C17H22ClN3O3S. The summed E-state index contributed by atoms with van der Waals surface area (Å²) in [7, 11) is 0. The van der Waals surface area contributed by atoms with Gasteiger partial charge in [-0.2, -0.15) is 0 Å². The first kappa shape index (κ1) is 18.2. The standard InChI is InChI=1S/C17H22ClN3O3S/c1-9(2)14(20-16(23)12-5-6-13(18)25-12)17(24)21-7-3-4-10-11(21)8-19-15(10)22/h5-6,9-11,14H,3-4,7-8H2,1-2H3,(H,19,22)(H,20,23)/t10-,11-,14-/m1/s1. The van der Waals surface area contributed by atoms with Gasteiger partial charge in [0.1, 0.15) is 6.04 Å². The molecule has 1 aromatic heterocycles. The zero-order valence-electron chi connectivity index (χ0n) is 14.3. The maximum atomic E-state index is 13.1. The number of likely N-dealkylation sites (tertiary alicyclic amines) is 1.